The first kappa shape index (κ1) is 19.9. The highest BCUT2D eigenvalue weighted by molar-refractivity contribution is 7.90. The fourth-order valence-corrected chi connectivity index (χ4v) is 4.27. The molecular weight excluding hydrogens is 406 g/mol. The van der Waals surface area contributed by atoms with Crippen molar-refractivity contribution in [3.63, 3.8) is 0 Å². The van der Waals surface area contributed by atoms with Gasteiger partial charge >= 0.3 is 0 Å². The summed E-state index contributed by atoms with van der Waals surface area (Å²) < 4.78 is 33.4. The monoisotopic (exact) mass is 423 g/mol. The molecule has 9 nitrogen and oxygen atoms in total. The van der Waals surface area contributed by atoms with Gasteiger partial charge in [0, 0.05) is 10.7 Å². The molecule has 0 saturated heterocycles. The number of halogens is 1. The molecule has 3 aromatic rings. The van der Waals surface area contributed by atoms with Crippen molar-refractivity contribution in [3.8, 4) is 0 Å². The summed E-state index contributed by atoms with van der Waals surface area (Å²) in [4.78, 5) is 12.3. The number of hydrogen-bond donors (Lipinski definition) is 2. The summed E-state index contributed by atoms with van der Waals surface area (Å²) >= 11 is 6.18. The van der Waals surface area contributed by atoms with Gasteiger partial charge in [0.15, 0.2) is 16.5 Å². The highest BCUT2D eigenvalue weighted by atomic mass is 35.5. The molecule has 3 rings (SSSR count). The average Bonchev–Trinajstić information content (AvgIpc) is 3.08. The fraction of sp³-hybridized carbons (Fsp3) is 0.235. The molecule has 0 bridgehead atoms. The van der Waals surface area contributed by atoms with Crippen molar-refractivity contribution in [2.45, 2.75) is 32.2 Å². The smallest absolute Gasteiger partial charge is 0.271 e. The molecule has 0 fully saturated rings. The highest BCUT2D eigenvalue weighted by Crippen LogP contribution is 2.23. The first-order chi connectivity index (χ1) is 13.1. The van der Waals surface area contributed by atoms with Gasteiger partial charge in [0.05, 0.1) is 17.8 Å². The number of aryl methyl sites for hydroxylation is 2. The number of benzene rings is 1. The normalized spacial score (nSPS) is 11.6. The summed E-state index contributed by atoms with van der Waals surface area (Å²) in [6.07, 6.45) is 0. The Hall–Kier alpha value is -2.85. The quantitative estimate of drug-likeness (QED) is 0.642. The van der Waals surface area contributed by atoms with E-state index >= 15 is 0 Å². The number of carbonyl (C=O) groups excluding carboxylic acids is 1. The van der Waals surface area contributed by atoms with E-state index in [0.29, 0.717) is 23.0 Å². The van der Waals surface area contributed by atoms with E-state index in [1.165, 1.54) is 6.92 Å². The summed E-state index contributed by atoms with van der Waals surface area (Å²) in [5, 5.41) is 8.31. The van der Waals surface area contributed by atoms with E-state index in [1.54, 1.807) is 24.6 Å². The summed E-state index contributed by atoms with van der Waals surface area (Å²) in [5.74, 6) is -1.15. The lowest BCUT2D eigenvalue weighted by molar-refractivity contribution is 0.0980. The first-order valence-electron chi connectivity index (χ1n) is 8.18. The third-order valence-electron chi connectivity index (χ3n) is 4.22. The van der Waals surface area contributed by atoms with Gasteiger partial charge in [0.2, 0.25) is 0 Å². The van der Waals surface area contributed by atoms with Crippen molar-refractivity contribution in [2.75, 3.05) is 5.73 Å². The Kier molecular flexibility index (Phi) is 5.18. The SMILES string of the molecule is Cc1nn(Cc2ccccc2Cl)c(C)c1C(=O)NS(=O)(=O)c1c(N)noc1C. The van der Waals surface area contributed by atoms with Gasteiger partial charge in [-0.25, -0.2) is 13.1 Å². The lowest BCUT2D eigenvalue weighted by Crippen LogP contribution is -2.32. The molecule has 28 heavy (non-hydrogen) atoms. The minimum absolute atomic E-state index is 0.0133. The number of nitrogens with zero attached hydrogens (tertiary/aromatic N) is 3. The van der Waals surface area contributed by atoms with Gasteiger partial charge in [0.25, 0.3) is 15.9 Å². The Balaban J connectivity index is 1.91. The van der Waals surface area contributed by atoms with E-state index in [1.807, 2.05) is 22.9 Å². The van der Waals surface area contributed by atoms with Crippen LogP contribution in [0.4, 0.5) is 5.82 Å². The summed E-state index contributed by atoms with van der Waals surface area (Å²) in [6.45, 7) is 5.03. The van der Waals surface area contributed by atoms with E-state index < -0.39 is 15.9 Å². The number of aromatic nitrogens is 3. The summed E-state index contributed by atoms with van der Waals surface area (Å²) in [7, 11) is -4.25. The van der Waals surface area contributed by atoms with Crippen LogP contribution in [0.15, 0.2) is 33.7 Å². The Labute approximate surface area is 166 Å². The fourth-order valence-electron chi connectivity index (χ4n) is 2.90. The largest absolute Gasteiger partial charge is 0.380 e. The molecule has 0 saturated carbocycles. The van der Waals surface area contributed by atoms with E-state index in [4.69, 9.17) is 21.9 Å². The molecule has 148 valence electrons. The van der Waals surface area contributed by atoms with Gasteiger partial charge in [-0.05, 0) is 32.4 Å². The number of amides is 1. The van der Waals surface area contributed by atoms with Crippen LogP contribution >= 0.6 is 11.6 Å². The van der Waals surface area contributed by atoms with Crippen molar-refractivity contribution in [1.82, 2.24) is 19.7 Å². The second-order valence-corrected chi connectivity index (χ2v) is 8.21. The predicted octanol–water partition coefficient (Wildman–Crippen LogP) is 2.20. The topological polar surface area (TPSA) is 133 Å². The first-order valence-corrected chi connectivity index (χ1v) is 10.0. The Bertz CT molecular complexity index is 1150. The number of carbonyl (C=O) groups is 1. The van der Waals surface area contributed by atoms with Crippen LogP contribution in [0.3, 0.4) is 0 Å². The van der Waals surface area contributed by atoms with Crippen LogP contribution in [0.5, 0.6) is 0 Å². The molecule has 0 aliphatic rings. The van der Waals surface area contributed by atoms with Crippen LogP contribution in [-0.4, -0.2) is 29.3 Å². The second-order valence-electron chi connectivity index (χ2n) is 6.18. The molecule has 0 aliphatic carbocycles. The number of anilines is 1. The van der Waals surface area contributed by atoms with Crippen LogP contribution < -0.4 is 10.5 Å². The van der Waals surface area contributed by atoms with Crippen LogP contribution in [0.1, 0.15) is 33.1 Å². The molecule has 0 spiro atoms. The molecule has 0 radical (unpaired) electrons. The molecule has 3 N–H and O–H groups in total. The van der Waals surface area contributed by atoms with E-state index in [9.17, 15) is 13.2 Å². The van der Waals surface area contributed by atoms with Crippen molar-refractivity contribution in [3.05, 3.63) is 57.6 Å². The van der Waals surface area contributed by atoms with Gasteiger partial charge in [-0.2, -0.15) is 5.10 Å². The Morgan fingerprint density at radius 1 is 1.29 bits per heavy atom. The molecule has 0 aliphatic heterocycles. The maximum atomic E-state index is 12.7. The van der Waals surface area contributed by atoms with Gasteiger partial charge in [-0.1, -0.05) is 35.0 Å². The Morgan fingerprint density at radius 2 is 1.96 bits per heavy atom. The molecule has 1 amide bonds. The van der Waals surface area contributed by atoms with Crippen LogP contribution in [0.25, 0.3) is 0 Å². The number of nitrogens with two attached hydrogens (primary N) is 1. The minimum Gasteiger partial charge on any atom is -0.380 e. The van der Waals surface area contributed by atoms with Gasteiger partial charge in [-0.15, -0.1) is 0 Å². The zero-order chi connectivity index (χ0) is 20.6. The maximum absolute atomic E-state index is 12.7. The zero-order valence-corrected chi connectivity index (χ0v) is 16.9. The molecule has 11 heteroatoms. The standard InChI is InChI=1S/C17H18ClN5O4S/c1-9-14(10(2)23(20-9)8-12-6-4-5-7-13(12)18)17(24)22-28(25,26)15-11(3)27-21-16(15)19/h4-7H,8H2,1-3H3,(H2,19,21)(H,22,24). The average molecular weight is 424 g/mol. The Morgan fingerprint density at radius 3 is 2.57 bits per heavy atom. The number of nitrogens with one attached hydrogen (secondary N) is 1. The van der Waals surface area contributed by atoms with Crippen molar-refractivity contribution >= 4 is 33.3 Å². The number of rotatable bonds is 5. The third-order valence-corrected chi connectivity index (χ3v) is 6.07. The predicted molar refractivity (Wildman–Crippen MR) is 103 cm³/mol. The highest BCUT2D eigenvalue weighted by Gasteiger charge is 2.29. The van der Waals surface area contributed by atoms with Crippen molar-refractivity contribution < 1.29 is 17.7 Å². The summed E-state index contributed by atoms with van der Waals surface area (Å²) in [6, 6.07) is 7.27. The number of nitrogen functional groups attached to an aromatic ring is 1. The molecule has 2 heterocycles. The van der Waals surface area contributed by atoms with E-state index in [-0.39, 0.29) is 22.0 Å². The molecule has 1 aromatic carbocycles. The molecular formula is C17H18ClN5O4S. The number of sulfonamides is 1. The second kappa shape index (κ2) is 7.28. The third kappa shape index (κ3) is 3.60. The van der Waals surface area contributed by atoms with Gasteiger partial charge in [0.1, 0.15) is 0 Å². The van der Waals surface area contributed by atoms with Crippen LogP contribution in [0, 0.1) is 20.8 Å². The minimum atomic E-state index is -4.25. The molecule has 0 atom stereocenters. The van der Waals surface area contributed by atoms with Gasteiger partial charge < -0.3 is 10.3 Å². The molecule has 2 aromatic heterocycles. The van der Waals surface area contributed by atoms with Crippen molar-refractivity contribution in [2.24, 2.45) is 0 Å². The van der Waals surface area contributed by atoms with Crippen LogP contribution in [0.2, 0.25) is 5.02 Å². The van der Waals surface area contributed by atoms with Crippen molar-refractivity contribution in [1.29, 1.82) is 0 Å². The number of hydrogen-bond acceptors (Lipinski definition) is 7. The molecule has 0 unspecified atom stereocenters. The van der Waals surface area contributed by atoms with Crippen LogP contribution in [-0.2, 0) is 16.6 Å². The van der Waals surface area contributed by atoms with Gasteiger partial charge in [-0.3, -0.25) is 9.48 Å². The maximum Gasteiger partial charge on any atom is 0.271 e. The lowest BCUT2D eigenvalue weighted by Gasteiger charge is -2.08. The lowest BCUT2D eigenvalue weighted by atomic mass is 10.2. The zero-order valence-electron chi connectivity index (χ0n) is 15.4. The van der Waals surface area contributed by atoms with E-state index in [2.05, 4.69) is 10.3 Å². The summed E-state index contributed by atoms with van der Waals surface area (Å²) in [5.41, 5.74) is 7.40. The van der Waals surface area contributed by atoms with E-state index in [0.717, 1.165) is 5.56 Å².